The monoisotopic (exact) mass is 284 g/mol. The van der Waals surface area contributed by atoms with Crippen LogP contribution < -0.4 is 5.32 Å². The van der Waals surface area contributed by atoms with Crippen molar-refractivity contribution in [2.75, 3.05) is 38.0 Å². The molecule has 2 aliphatic heterocycles. The van der Waals surface area contributed by atoms with Crippen molar-refractivity contribution in [1.82, 2.24) is 9.80 Å². The molecule has 1 atom stereocenters. The van der Waals surface area contributed by atoms with Crippen molar-refractivity contribution < 1.29 is 4.79 Å². The zero-order valence-corrected chi connectivity index (χ0v) is 12.1. The summed E-state index contributed by atoms with van der Waals surface area (Å²) >= 11 is 0. The Morgan fingerprint density at radius 2 is 2.19 bits per heavy atom. The number of para-hydroxylation sites is 1. The van der Waals surface area contributed by atoms with E-state index in [9.17, 15) is 4.79 Å². The Labute approximate surface area is 125 Å². The van der Waals surface area contributed by atoms with Gasteiger partial charge in [0.1, 0.15) is 6.07 Å². The fourth-order valence-corrected chi connectivity index (χ4v) is 3.28. The van der Waals surface area contributed by atoms with E-state index >= 15 is 0 Å². The smallest absolute Gasteiger partial charge is 0.238 e. The van der Waals surface area contributed by atoms with Crippen molar-refractivity contribution >= 4 is 11.6 Å². The van der Waals surface area contributed by atoms with Crippen LogP contribution in [0.5, 0.6) is 0 Å². The van der Waals surface area contributed by atoms with Crippen molar-refractivity contribution in [3.8, 4) is 6.07 Å². The highest BCUT2D eigenvalue weighted by atomic mass is 16.2. The number of carbonyl (C=O) groups excluding carboxylic acids is 1. The van der Waals surface area contributed by atoms with Crippen LogP contribution in [0.3, 0.4) is 0 Å². The van der Waals surface area contributed by atoms with Crippen LogP contribution in [0.25, 0.3) is 0 Å². The van der Waals surface area contributed by atoms with Crippen molar-refractivity contribution in [3.63, 3.8) is 0 Å². The lowest BCUT2D eigenvalue weighted by Gasteiger charge is -2.37. The van der Waals surface area contributed by atoms with Crippen LogP contribution in [-0.2, 0) is 4.79 Å². The average Bonchev–Trinajstić information content (AvgIpc) is 2.95. The van der Waals surface area contributed by atoms with Crippen molar-refractivity contribution in [3.05, 3.63) is 29.8 Å². The van der Waals surface area contributed by atoms with Gasteiger partial charge in [0, 0.05) is 25.7 Å². The van der Waals surface area contributed by atoms with E-state index in [1.807, 2.05) is 6.07 Å². The number of benzene rings is 1. The number of amides is 1. The average molecular weight is 284 g/mol. The standard InChI is InChI=1S/C16H20N4O/c17-10-13-4-1-2-6-15(13)18-16(21)12-19-8-9-20-7-3-5-14(20)11-19/h1-2,4,6,14H,3,5,7-9,11-12H2,(H,18,21). The summed E-state index contributed by atoms with van der Waals surface area (Å²) < 4.78 is 0. The van der Waals surface area contributed by atoms with Gasteiger partial charge in [-0.25, -0.2) is 0 Å². The molecule has 5 nitrogen and oxygen atoms in total. The number of hydrogen-bond acceptors (Lipinski definition) is 4. The summed E-state index contributed by atoms with van der Waals surface area (Å²) in [5.41, 5.74) is 1.11. The SMILES string of the molecule is N#Cc1ccccc1NC(=O)CN1CCN2CCCC2C1. The van der Waals surface area contributed by atoms with Crippen LogP contribution >= 0.6 is 0 Å². The number of nitriles is 1. The first-order valence-corrected chi connectivity index (χ1v) is 7.51. The molecule has 1 N–H and O–H groups in total. The highest BCUT2D eigenvalue weighted by molar-refractivity contribution is 5.93. The Morgan fingerprint density at radius 3 is 3.05 bits per heavy atom. The molecule has 0 spiro atoms. The predicted molar refractivity (Wildman–Crippen MR) is 80.8 cm³/mol. The lowest BCUT2D eigenvalue weighted by atomic mass is 10.1. The number of carbonyl (C=O) groups is 1. The molecule has 2 aliphatic rings. The van der Waals surface area contributed by atoms with E-state index in [1.54, 1.807) is 18.2 Å². The molecule has 1 aromatic rings. The maximum atomic E-state index is 12.2. The topological polar surface area (TPSA) is 59.4 Å². The maximum absolute atomic E-state index is 12.2. The van der Waals surface area contributed by atoms with Crippen molar-refractivity contribution in [2.45, 2.75) is 18.9 Å². The summed E-state index contributed by atoms with van der Waals surface area (Å²) in [5.74, 6) is -0.0378. The van der Waals surface area contributed by atoms with Gasteiger partial charge in [-0.15, -0.1) is 0 Å². The second-order valence-corrected chi connectivity index (χ2v) is 5.77. The molecular weight excluding hydrogens is 264 g/mol. The first-order chi connectivity index (χ1) is 10.3. The fraction of sp³-hybridized carbons (Fsp3) is 0.500. The van der Waals surface area contributed by atoms with Gasteiger partial charge in [0.25, 0.3) is 0 Å². The Balaban J connectivity index is 1.56. The number of piperazine rings is 1. The second-order valence-electron chi connectivity index (χ2n) is 5.77. The van der Waals surface area contributed by atoms with Gasteiger partial charge < -0.3 is 5.32 Å². The van der Waals surface area contributed by atoms with E-state index in [0.717, 1.165) is 19.6 Å². The summed E-state index contributed by atoms with van der Waals surface area (Å²) in [6.07, 6.45) is 2.52. The van der Waals surface area contributed by atoms with Crippen LogP contribution in [-0.4, -0.2) is 54.5 Å². The quantitative estimate of drug-likeness (QED) is 0.908. The number of anilines is 1. The molecule has 21 heavy (non-hydrogen) atoms. The molecule has 0 saturated carbocycles. The Kier molecular flexibility index (Phi) is 4.18. The third-order valence-corrected chi connectivity index (χ3v) is 4.36. The molecule has 2 fully saturated rings. The minimum absolute atomic E-state index is 0.0378. The van der Waals surface area contributed by atoms with Crippen molar-refractivity contribution in [1.29, 1.82) is 5.26 Å². The lowest BCUT2D eigenvalue weighted by Crippen LogP contribution is -2.51. The molecule has 110 valence electrons. The molecule has 1 unspecified atom stereocenters. The summed E-state index contributed by atoms with van der Waals surface area (Å²) in [4.78, 5) is 16.9. The molecule has 0 bridgehead atoms. The Hall–Kier alpha value is -1.90. The normalized spacial score (nSPS) is 22.5. The van der Waals surface area contributed by atoms with Gasteiger partial charge in [-0.05, 0) is 31.5 Å². The van der Waals surface area contributed by atoms with E-state index in [-0.39, 0.29) is 5.91 Å². The summed E-state index contributed by atoms with van der Waals surface area (Å²) in [7, 11) is 0. The van der Waals surface area contributed by atoms with E-state index in [1.165, 1.54) is 19.4 Å². The van der Waals surface area contributed by atoms with Gasteiger partial charge in [0.15, 0.2) is 0 Å². The molecule has 0 aliphatic carbocycles. The Bertz CT molecular complexity index is 566. The van der Waals surface area contributed by atoms with Crippen LogP contribution in [0, 0.1) is 11.3 Å². The fourth-order valence-electron chi connectivity index (χ4n) is 3.28. The van der Waals surface area contributed by atoms with Crippen molar-refractivity contribution in [2.24, 2.45) is 0 Å². The molecule has 2 heterocycles. The molecule has 1 aromatic carbocycles. The van der Waals surface area contributed by atoms with Gasteiger partial charge in [-0.3, -0.25) is 14.6 Å². The van der Waals surface area contributed by atoms with Gasteiger partial charge in [-0.1, -0.05) is 12.1 Å². The summed E-state index contributed by atoms with van der Waals surface area (Å²) in [6, 6.07) is 9.83. The number of rotatable bonds is 3. The zero-order valence-electron chi connectivity index (χ0n) is 12.1. The minimum Gasteiger partial charge on any atom is -0.324 e. The molecule has 2 saturated heterocycles. The number of nitrogens with zero attached hydrogens (tertiary/aromatic N) is 3. The molecule has 0 radical (unpaired) electrons. The highest BCUT2D eigenvalue weighted by Crippen LogP contribution is 2.21. The van der Waals surface area contributed by atoms with Crippen LogP contribution in [0.4, 0.5) is 5.69 Å². The lowest BCUT2D eigenvalue weighted by molar-refractivity contribution is -0.117. The Morgan fingerprint density at radius 1 is 1.33 bits per heavy atom. The third-order valence-electron chi connectivity index (χ3n) is 4.36. The van der Waals surface area contributed by atoms with Gasteiger partial charge in [0.2, 0.25) is 5.91 Å². The summed E-state index contributed by atoms with van der Waals surface area (Å²) in [6.45, 7) is 4.61. The molecule has 5 heteroatoms. The first-order valence-electron chi connectivity index (χ1n) is 7.51. The molecular formula is C16H20N4O. The van der Waals surface area contributed by atoms with E-state index in [4.69, 9.17) is 5.26 Å². The highest BCUT2D eigenvalue weighted by Gasteiger charge is 2.31. The largest absolute Gasteiger partial charge is 0.324 e. The molecule has 3 rings (SSSR count). The van der Waals surface area contributed by atoms with Crippen LogP contribution in [0.15, 0.2) is 24.3 Å². The van der Waals surface area contributed by atoms with Gasteiger partial charge >= 0.3 is 0 Å². The number of nitrogens with one attached hydrogen (secondary N) is 1. The van der Waals surface area contributed by atoms with E-state index < -0.39 is 0 Å². The minimum atomic E-state index is -0.0378. The maximum Gasteiger partial charge on any atom is 0.238 e. The van der Waals surface area contributed by atoms with Crippen LogP contribution in [0.1, 0.15) is 18.4 Å². The van der Waals surface area contributed by atoms with Gasteiger partial charge in [-0.2, -0.15) is 5.26 Å². The van der Waals surface area contributed by atoms with Gasteiger partial charge in [0.05, 0.1) is 17.8 Å². The van der Waals surface area contributed by atoms with Crippen LogP contribution in [0.2, 0.25) is 0 Å². The first kappa shape index (κ1) is 14.1. The molecule has 1 amide bonds. The van der Waals surface area contributed by atoms with E-state index in [2.05, 4.69) is 21.2 Å². The van der Waals surface area contributed by atoms with E-state index in [0.29, 0.717) is 23.8 Å². The zero-order chi connectivity index (χ0) is 14.7. The molecule has 0 aromatic heterocycles. The number of hydrogen-bond donors (Lipinski definition) is 1. The second kappa shape index (κ2) is 6.25. The third kappa shape index (κ3) is 3.23. The number of fused-ring (bicyclic) bond motifs is 1. The summed E-state index contributed by atoms with van der Waals surface area (Å²) in [5, 5.41) is 11.9. The predicted octanol–water partition coefficient (Wildman–Crippen LogP) is 1.28.